The first kappa shape index (κ1) is 13.2. The normalized spacial score (nSPS) is 30.4. The van der Waals surface area contributed by atoms with Crippen LogP contribution in [-0.2, 0) is 4.79 Å². The fourth-order valence-corrected chi connectivity index (χ4v) is 2.74. The van der Waals surface area contributed by atoms with Crippen molar-refractivity contribution in [1.82, 2.24) is 10.2 Å². The molecular weight excluding hydrogens is 232 g/mol. The minimum absolute atomic E-state index is 0.0984. The van der Waals surface area contributed by atoms with Gasteiger partial charge in [-0.2, -0.15) is 0 Å². The standard InChI is InChI=1S/C13H22N2O3/c1-13(2)6-5-10(13)14-12(18)15-7-3-4-9(8-15)11(16)17/h9-10H,3-8H2,1-2H3,(H,14,18)(H,16,17). The molecule has 2 fully saturated rings. The molecule has 1 aliphatic heterocycles. The van der Waals surface area contributed by atoms with E-state index in [0.717, 1.165) is 19.3 Å². The summed E-state index contributed by atoms with van der Waals surface area (Å²) in [5.74, 6) is -1.20. The number of aliphatic carboxylic acids is 1. The lowest BCUT2D eigenvalue weighted by molar-refractivity contribution is -0.143. The van der Waals surface area contributed by atoms with Gasteiger partial charge in [-0.25, -0.2) is 4.79 Å². The number of carbonyl (C=O) groups excluding carboxylic acids is 1. The number of likely N-dealkylation sites (tertiary alicyclic amines) is 1. The Morgan fingerprint density at radius 3 is 2.56 bits per heavy atom. The molecule has 2 atom stereocenters. The van der Waals surface area contributed by atoms with Crippen LogP contribution in [0, 0.1) is 11.3 Å². The molecule has 1 saturated heterocycles. The number of hydrogen-bond donors (Lipinski definition) is 2. The van der Waals surface area contributed by atoms with Crippen LogP contribution >= 0.6 is 0 Å². The predicted molar refractivity (Wildman–Crippen MR) is 67.3 cm³/mol. The summed E-state index contributed by atoms with van der Waals surface area (Å²) in [6, 6.07) is 0.133. The predicted octanol–water partition coefficient (Wildman–Crippen LogP) is 1.68. The number of amides is 2. The van der Waals surface area contributed by atoms with Gasteiger partial charge in [0.05, 0.1) is 5.92 Å². The third kappa shape index (κ3) is 2.60. The first-order valence-corrected chi connectivity index (χ1v) is 6.68. The molecule has 2 rings (SSSR count). The second kappa shape index (κ2) is 4.78. The van der Waals surface area contributed by atoms with E-state index in [1.54, 1.807) is 4.90 Å². The molecule has 5 heteroatoms. The topological polar surface area (TPSA) is 69.6 Å². The van der Waals surface area contributed by atoms with Gasteiger partial charge >= 0.3 is 12.0 Å². The lowest BCUT2D eigenvalue weighted by Gasteiger charge is -2.45. The maximum absolute atomic E-state index is 12.1. The molecule has 0 aromatic carbocycles. The van der Waals surface area contributed by atoms with Crippen molar-refractivity contribution in [2.45, 2.75) is 45.6 Å². The number of nitrogens with zero attached hydrogens (tertiary/aromatic N) is 1. The van der Waals surface area contributed by atoms with Crippen LogP contribution in [0.3, 0.4) is 0 Å². The summed E-state index contributed by atoms with van der Waals surface area (Å²) in [6.07, 6.45) is 3.61. The van der Waals surface area contributed by atoms with Gasteiger partial charge in [0.25, 0.3) is 0 Å². The lowest BCUT2D eigenvalue weighted by atomic mass is 9.67. The van der Waals surface area contributed by atoms with Crippen LogP contribution in [0.1, 0.15) is 39.5 Å². The highest BCUT2D eigenvalue weighted by Gasteiger charge is 2.40. The zero-order chi connectivity index (χ0) is 13.3. The smallest absolute Gasteiger partial charge is 0.317 e. The van der Waals surface area contributed by atoms with Crippen molar-refractivity contribution in [1.29, 1.82) is 0 Å². The zero-order valence-corrected chi connectivity index (χ0v) is 11.1. The first-order chi connectivity index (χ1) is 8.40. The van der Waals surface area contributed by atoms with E-state index in [4.69, 9.17) is 5.11 Å². The Kier molecular flexibility index (Phi) is 3.50. The summed E-state index contributed by atoms with van der Waals surface area (Å²) in [5, 5.41) is 12.0. The molecule has 102 valence electrons. The van der Waals surface area contributed by atoms with Gasteiger partial charge in [0.2, 0.25) is 0 Å². The van der Waals surface area contributed by atoms with Gasteiger partial charge in [-0.1, -0.05) is 13.8 Å². The summed E-state index contributed by atoms with van der Waals surface area (Å²) in [6.45, 7) is 5.31. The highest BCUT2D eigenvalue weighted by Crippen LogP contribution is 2.40. The molecule has 18 heavy (non-hydrogen) atoms. The van der Waals surface area contributed by atoms with E-state index in [9.17, 15) is 9.59 Å². The highest BCUT2D eigenvalue weighted by atomic mass is 16.4. The molecular formula is C13H22N2O3. The van der Waals surface area contributed by atoms with Crippen LogP contribution in [0.4, 0.5) is 4.79 Å². The summed E-state index contributed by atoms with van der Waals surface area (Å²) in [5.41, 5.74) is 0.178. The van der Waals surface area contributed by atoms with Crippen molar-refractivity contribution < 1.29 is 14.7 Å². The highest BCUT2D eigenvalue weighted by molar-refractivity contribution is 5.77. The van der Waals surface area contributed by atoms with E-state index >= 15 is 0 Å². The number of carboxylic acids is 1. The first-order valence-electron chi connectivity index (χ1n) is 6.68. The van der Waals surface area contributed by atoms with Crippen LogP contribution < -0.4 is 5.32 Å². The van der Waals surface area contributed by atoms with Crippen LogP contribution in [0.25, 0.3) is 0 Å². The molecule has 2 unspecified atom stereocenters. The number of nitrogens with one attached hydrogen (secondary N) is 1. The molecule has 0 spiro atoms. The Bertz CT molecular complexity index is 354. The average Bonchev–Trinajstić information content (AvgIpc) is 2.34. The molecule has 0 aromatic rings. The average molecular weight is 254 g/mol. The monoisotopic (exact) mass is 254 g/mol. The van der Waals surface area contributed by atoms with Crippen LogP contribution in [0.15, 0.2) is 0 Å². The molecule has 0 bridgehead atoms. The van der Waals surface area contributed by atoms with E-state index < -0.39 is 11.9 Å². The van der Waals surface area contributed by atoms with Gasteiger partial charge < -0.3 is 15.3 Å². The minimum Gasteiger partial charge on any atom is -0.481 e. The molecule has 1 aliphatic carbocycles. The number of hydrogen-bond acceptors (Lipinski definition) is 2. The van der Waals surface area contributed by atoms with E-state index in [0.29, 0.717) is 19.5 Å². The van der Waals surface area contributed by atoms with Gasteiger partial charge in [0.15, 0.2) is 0 Å². The number of carboxylic acid groups (broad SMARTS) is 1. The Morgan fingerprint density at radius 2 is 2.06 bits per heavy atom. The molecule has 1 saturated carbocycles. The van der Waals surface area contributed by atoms with E-state index in [1.807, 2.05) is 0 Å². The zero-order valence-electron chi connectivity index (χ0n) is 11.1. The van der Waals surface area contributed by atoms with Crippen molar-refractivity contribution in [2.75, 3.05) is 13.1 Å². The quantitative estimate of drug-likeness (QED) is 0.787. The fraction of sp³-hybridized carbons (Fsp3) is 0.846. The Hall–Kier alpha value is -1.26. The second-order valence-corrected chi connectivity index (χ2v) is 6.15. The Balaban J connectivity index is 1.87. The van der Waals surface area contributed by atoms with Crippen molar-refractivity contribution in [3.63, 3.8) is 0 Å². The van der Waals surface area contributed by atoms with Crippen molar-refractivity contribution in [3.8, 4) is 0 Å². The maximum Gasteiger partial charge on any atom is 0.317 e. The number of piperidine rings is 1. The van der Waals surface area contributed by atoms with Gasteiger partial charge in [-0.3, -0.25) is 4.79 Å². The summed E-state index contributed by atoms with van der Waals surface area (Å²) in [4.78, 5) is 24.7. The van der Waals surface area contributed by atoms with Crippen LogP contribution in [0.5, 0.6) is 0 Å². The van der Waals surface area contributed by atoms with Crippen LogP contribution in [0.2, 0.25) is 0 Å². The molecule has 0 radical (unpaired) electrons. The third-order valence-electron chi connectivity index (χ3n) is 4.38. The molecule has 2 amide bonds. The molecule has 2 N–H and O–H groups in total. The van der Waals surface area contributed by atoms with E-state index in [-0.39, 0.29) is 17.5 Å². The number of rotatable bonds is 2. The molecule has 0 aromatic heterocycles. The Labute approximate surface area is 108 Å². The van der Waals surface area contributed by atoms with Gasteiger partial charge in [-0.15, -0.1) is 0 Å². The van der Waals surface area contributed by atoms with Crippen molar-refractivity contribution in [3.05, 3.63) is 0 Å². The number of carbonyl (C=O) groups is 2. The minimum atomic E-state index is -0.795. The summed E-state index contributed by atoms with van der Waals surface area (Å²) < 4.78 is 0. The maximum atomic E-state index is 12.1. The molecule has 1 heterocycles. The molecule has 2 aliphatic rings. The largest absolute Gasteiger partial charge is 0.481 e. The van der Waals surface area contributed by atoms with Crippen LogP contribution in [-0.4, -0.2) is 41.1 Å². The molecule has 5 nitrogen and oxygen atoms in total. The van der Waals surface area contributed by atoms with Crippen molar-refractivity contribution >= 4 is 12.0 Å². The van der Waals surface area contributed by atoms with E-state index in [1.165, 1.54) is 0 Å². The summed E-state index contributed by atoms with van der Waals surface area (Å²) >= 11 is 0. The Morgan fingerprint density at radius 1 is 1.33 bits per heavy atom. The van der Waals surface area contributed by atoms with Gasteiger partial charge in [0.1, 0.15) is 0 Å². The van der Waals surface area contributed by atoms with Gasteiger partial charge in [-0.05, 0) is 31.1 Å². The van der Waals surface area contributed by atoms with E-state index in [2.05, 4.69) is 19.2 Å². The van der Waals surface area contributed by atoms with Gasteiger partial charge in [0, 0.05) is 19.1 Å². The fourth-order valence-electron chi connectivity index (χ4n) is 2.74. The summed E-state index contributed by atoms with van der Waals surface area (Å²) in [7, 11) is 0. The van der Waals surface area contributed by atoms with Crippen molar-refractivity contribution in [2.24, 2.45) is 11.3 Å². The third-order valence-corrected chi connectivity index (χ3v) is 4.38. The number of urea groups is 1. The second-order valence-electron chi connectivity index (χ2n) is 6.15. The SMILES string of the molecule is CC1(C)CCC1NC(=O)N1CCCC(C(=O)O)C1. The lowest BCUT2D eigenvalue weighted by Crippen LogP contribution is -2.57.